The molecule has 2 heterocycles. The van der Waals surface area contributed by atoms with Crippen molar-refractivity contribution in [2.75, 3.05) is 5.32 Å². The second-order valence-corrected chi connectivity index (χ2v) is 6.08. The molecule has 7 heteroatoms. The Hall–Kier alpha value is -3.11. The third kappa shape index (κ3) is 4.25. The number of aromatic nitrogens is 2. The summed E-state index contributed by atoms with van der Waals surface area (Å²) in [6.45, 7) is 1.88. The van der Waals surface area contributed by atoms with Crippen LogP contribution in [0.2, 0.25) is 0 Å². The number of hydrogen-bond donors (Lipinski definition) is 1. The van der Waals surface area contributed by atoms with Gasteiger partial charge in [0.2, 0.25) is 5.95 Å². The van der Waals surface area contributed by atoms with Crippen LogP contribution in [0.5, 0.6) is 0 Å². The largest absolute Gasteiger partial charge is 0.320 e. The van der Waals surface area contributed by atoms with Crippen LogP contribution in [0.3, 0.4) is 0 Å². The third-order valence-electron chi connectivity index (χ3n) is 3.15. The quantitative estimate of drug-likeness (QED) is 0.562. The molecule has 0 aliphatic carbocycles. The van der Waals surface area contributed by atoms with Crippen LogP contribution < -0.4 is 5.32 Å². The molecule has 124 valence electrons. The number of thiazole rings is 1. The average molecular weight is 355 g/mol. The number of carbonyl (C=O) groups excluding carboxylic acids is 1. The molecule has 0 atom stereocenters. The smallest absolute Gasteiger partial charge is 0.258 e. The van der Waals surface area contributed by atoms with Gasteiger partial charge in [-0.05, 0) is 43.2 Å². The molecule has 0 bridgehead atoms. The summed E-state index contributed by atoms with van der Waals surface area (Å²) >= 11 is 1.48. The Kier molecular flexibility index (Phi) is 4.82. The van der Waals surface area contributed by atoms with Gasteiger partial charge < -0.3 is 5.32 Å². The molecule has 1 amide bonds. The van der Waals surface area contributed by atoms with E-state index in [-0.39, 0.29) is 11.3 Å². The summed E-state index contributed by atoms with van der Waals surface area (Å²) in [6.07, 6.45) is 1.15. The van der Waals surface area contributed by atoms with Crippen molar-refractivity contribution in [3.63, 3.8) is 0 Å². The van der Waals surface area contributed by atoms with Crippen LogP contribution in [0.15, 0.2) is 41.9 Å². The normalized spacial score (nSPS) is 10.0. The van der Waals surface area contributed by atoms with Crippen molar-refractivity contribution in [2.24, 2.45) is 0 Å². The zero-order valence-electron chi connectivity index (χ0n) is 13.0. The minimum absolute atomic E-state index is 0.161. The molecule has 0 spiro atoms. The Morgan fingerprint density at radius 1 is 1.20 bits per heavy atom. The lowest BCUT2D eigenvalue weighted by atomic mass is 10.1. The topological polar surface area (TPSA) is 54.9 Å². The first kappa shape index (κ1) is 16.7. The Labute approximate surface area is 146 Å². The second-order valence-electron chi connectivity index (χ2n) is 5.02. The highest BCUT2D eigenvalue weighted by atomic mass is 32.1. The fourth-order valence-corrected chi connectivity index (χ4v) is 2.53. The number of halogens is 2. The highest BCUT2D eigenvalue weighted by Gasteiger charge is 2.13. The molecule has 4 nitrogen and oxygen atoms in total. The van der Waals surface area contributed by atoms with Crippen molar-refractivity contribution in [2.45, 2.75) is 6.92 Å². The zero-order chi connectivity index (χ0) is 17.8. The van der Waals surface area contributed by atoms with Gasteiger partial charge in [0, 0.05) is 10.9 Å². The number of carbonyl (C=O) groups is 1. The van der Waals surface area contributed by atoms with E-state index in [9.17, 15) is 13.6 Å². The van der Waals surface area contributed by atoms with Crippen molar-refractivity contribution in [1.82, 2.24) is 9.97 Å². The van der Waals surface area contributed by atoms with E-state index < -0.39 is 17.7 Å². The standard InChI is InChI=1S/C18H11F2N3OS/c1-11-22-14(10-25-11)4-2-12-3-6-16(19)15(8-12)18(24)23-13-5-7-17(20)21-9-13/h3,5-10H,1H3,(H,23,24). The summed E-state index contributed by atoms with van der Waals surface area (Å²) in [5, 5.41) is 5.18. The van der Waals surface area contributed by atoms with Gasteiger partial charge in [0.25, 0.3) is 5.91 Å². The predicted molar refractivity (Wildman–Crippen MR) is 91.4 cm³/mol. The maximum atomic E-state index is 14.0. The Bertz CT molecular complexity index is 988. The third-order valence-corrected chi connectivity index (χ3v) is 3.92. The molecule has 1 aromatic carbocycles. The number of aryl methyl sites for hydroxylation is 1. The average Bonchev–Trinajstić information content (AvgIpc) is 3.01. The summed E-state index contributed by atoms with van der Waals surface area (Å²) in [7, 11) is 0. The molecular weight excluding hydrogens is 344 g/mol. The molecule has 0 aliphatic heterocycles. The van der Waals surface area contributed by atoms with Gasteiger partial charge in [-0.3, -0.25) is 4.79 Å². The van der Waals surface area contributed by atoms with Gasteiger partial charge >= 0.3 is 0 Å². The molecule has 3 rings (SSSR count). The molecule has 0 aliphatic rings. The van der Waals surface area contributed by atoms with E-state index in [1.807, 2.05) is 12.3 Å². The van der Waals surface area contributed by atoms with Gasteiger partial charge in [0.05, 0.1) is 22.5 Å². The summed E-state index contributed by atoms with van der Waals surface area (Å²) in [5.74, 6) is 3.71. The lowest BCUT2D eigenvalue weighted by Gasteiger charge is -2.06. The van der Waals surface area contributed by atoms with Crippen molar-refractivity contribution in [3.05, 3.63) is 75.5 Å². The molecule has 2 aromatic heterocycles. The first-order valence-electron chi connectivity index (χ1n) is 7.18. The predicted octanol–water partition coefficient (Wildman–Crippen LogP) is 3.78. The number of hydrogen-bond acceptors (Lipinski definition) is 4. The Morgan fingerprint density at radius 3 is 2.72 bits per heavy atom. The van der Waals surface area contributed by atoms with E-state index in [1.165, 1.54) is 35.6 Å². The number of benzene rings is 1. The van der Waals surface area contributed by atoms with E-state index in [0.29, 0.717) is 11.3 Å². The molecule has 0 unspecified atom stereocenters. The monoisotopic (exact) mass is 355 g/mol. The number of rotatable bonds is 2. The van der Waals surface area contributed by atoms with Crippen LogP contribution in [0.25, 0.3) is 0 Å². The van der Waals surface area contributed by atoms with Gasteiger partial charge in [0.1, 0.15) is 11.5 Å². The second kappa shape index (κ2) is 7.20. The lowest BCUT2D eigenvalue weighted by Crippen LogP contribution is -2.14. The van der Waals surface area contributed by atoms with Crippen LogP contribution in [0, 0.1) is 30.5 Å². The Morgan fingerprint density at radius 2 is 2.04 bits per heavy atom. The minimum atomic E-state index is -0.678. The van der Waals surface area contributed by atoms with Crippen LogP contribution in [0.1, 0.15) is 26.6 Å². The fourth-order valence-electron chi connectivity index (χ4n) is 1.98. The van der Waals surface area contributed by atoms with Gasteiger partial charge in [0.15, 0.2) is 0 Å². The zero-order valence-corrected chi connectivity index (χ0v) is 13.8. The first-order valence-corrected chi connectivity index (χ1v) is 8.06. The van der Waals surface area contributed by atoms with Gasteiger partial charge in [-0.25, -0.2) is 14.4 Å². The maximum Gasteiger partial charge on any atom is 0.258 e. The molecular formula is C18H11F2N3OS. The minimum Gasteiger partial charge on any atom is -0.320 e. The number of amides is 1. The van der Waals surface area contributed by atoms with Crippen LogP contribution >= 0.6 is 11.3 Å². The summed E-state index contributed by atoms with van der Waals surface area (Å²) in [6, 6.07) is 6.45. The fraction of sp³-hybridized carbons (Fsp3) is 0.0556. The number of pyridine rings is 1. The molecule has 0 radical (unpaired) electrons. The van der Waals surface area contributed by atoms with Crippen molar-refractivity contribution in [3.8, 4) is 11.8 Å². The molecule has 0 saturated carbocycles. The van der Waals surface area contributed by atoms with Gasteiger partial charge in [-0.2, -0.15) is 4.39 Å². The summed E-state index contributed by atoms with van der Waals surface area (Å²) in [4.78, 5) is 19.9. The van der Waals surface area contributed by atoms with Gasteiger partial charge in [-0.1, -0.05) is 5.92 Å². The lowest BCUT2D eigenvalue weighted by molar-refractivity contribution is 0.102. The maximum absolute atomic E-state index is 14.0. The van der Waals surface area contributed by atoms with Crippen LogP contribution in [-0.4, -0.2) is 15.9 Å². The summed E-state index contributed by atoms with van der Waals surface area (Å²) in [5.41, 5.74) is 1.20. The number of nitrogens with one attached hydrogen (secondary N) is 1. The number of anilines is 1. The van der Waals surface area contributed by atoms with E-state index in [1.54, 1.807) is 0 Å². The molecule has 0 saturated heterocycles. The molecule has 1 N–H and O–H groups in total. The van der Waals surface area contributed by atoms with Crippen LogP contribution in [0.4, 0.5) is 14.5 Å². The van der Waals surface area contributed by atoms with Crippen LogP contribution in [-0.2, 0) is 0 Å². The molecule has 3 aromatic rings. The molecule has 0 fully saturated rings. The molecule has 25 heavy (non-hydrogen) atoms. The van der Waals surface area contributed by atoms with Gasteiger partial charge in [-0.15, -0.1) is 11.3 Å². The highest BCUT2D eigenvalue weighted by molar-refractivity contribution is 7.09. The van der Waals surface area contributed by atoms with E-state index in [4.69, 9.17) is 0 Å². The SMILES string of the molecule is Cc1nc(C#Cc2ccc(F)c(C(=O)Nc3ccc(F)nc3)c2)cs1. The van der Waals surface area contributed by atoms with Crippen molar-refractivity contribution < 1.29 is 13.6 Å². The van der Waals surface area contributed by atoms with Crippen molar-refractivity contribution >= 4 is 22.9 Å². The Balaban J connectivity index is 1.82. The van der Waals surface area contributed by atoms with Crippen molar-refractivity contribution in [1.29, 1.82) is 0 Å². The highest BCUT2D eigenvalue weighted by Crippen LogP contribution is 2.14. The van der Waals surface area contributed by atoms with E-state index in [0.717, 1.165) is 17.3 Å². The first-order chi connectivity index (χ1) is 12.0. The van der Waals surface area contributed by atoms with E-state index in [2.05, 4.69) is 27.1 Å². The van der Waals surface area contributed by atoms with E-state index >= 15 is 0 Å². The summed E-state index contributed by atoms with van der Waals surface area (Å²) < 4.78 is 26.7. The number of nitrogens with zero attached hydrogens (tertiary/aromatic N) is 2.